The van der Waals surface area contributed by atoms with Gasteiger partial charge in [-0.05, 0) is 106 Å². The van der Waals surface area contributed by atoms with Crippen LogP contribution in [-0.4, -0.2) is 0 Å². The predicted molar refractivity (Wildman–Crippen MR) is 218 cm³/mol. The molecule has 236 valence electrons. The van der Waals surface area contributed by atoms with E-state index in [2.05, 4.69) is 182 Å². The lowest BCUT2D eigenvalue weighted by Gasteiger charge is -2.19. The summed E-state index contributed by atoms with van der Waals surface area (Å²) in [6.45, 7) is 0. The highest BCUT2D eigenvalue weighted by Crippen LogP contribution is 2.46. The van der Waals surface area contributed by atoms with E-state index in [-0.39, 0.29) is 0 Å². The number of hydrogen-bond donors (Lipinski definition) is 0. The van der Waals surface area contributed by atoms with E-state index in [0.717, 1.165) is 21.9 Å². The summed E-state index contributed by atoms with van der Waals surface area (Å²) in [5.74, 6) is 0. The molecule has 11 rings (SSSR count). The Bertz CT molecular complexity index is 3120. The molecule has 0 unspecified atom stereocenters. The molecule has 51 heavy (non-hydrogen) atoms. The average Bonchev–Trinajstić information content (AvgIpc) is 3.59. The van der Waals surface area contributed by atoms with Crippen LogP contribution in [0.25, 0.3) is 109 Å². The van der Waals surface area contributed by atoms with Crippen molar-refractivity contribution < 1.29 is 4.42 Å². The zero-order valence-corrected chi connectivity index (χ0v) is 27.7. The Kier molecular flexibility index (Phi) is 6.02. The van der Waals surface area contributed by atoms with Gasteiger partial charge in [0, 0.05) is 16.2 Å². The molecule has 1 nitrogen and oxygen atoms in total. The molecule has 0 aliphatic rings. The zero-order chi connectivity index (χ0) is 33.5. The van der Waals surface area contributed by atoms with Gasteiger partial charge < -0.3 is 4.42 Å². The fraction of sp³-hybridized carbons (Fsp3) is 0. The van der Waals surface area contributed by atoms with Crippen LogP contribution in [0.5, 0.6) is 0 Å². The SMILES string of the molecule is c1ccc2c(-c3c4ccccc4c(-c4ccc(-c5ccc6c(ccc7c6oc6ccc8ccccc8c67)c5)cc4)c4ccccc34)cccc2c1. The van der Waals surface area contributed by atoms with E-state index in [4.69, 9.17) is 4.42 Å². The normalized spacial score (nSPS) is 11.9. The molecule has 0 saturated heterocycles. The smallest absolute Gasteiger partial charge is 0.143 e. The van der Waals surface area contributed by atoms with Gasteiger partial charge in [-0.2, -0.15) is 0 Å². The summed E-state index contributed by atoms with van der Waals surface area (Å²) in [6.07, 6.45) is 0. The van der Waals surface area contributed by atoms with Crippen LogP contribution < -0.4 is 0 Å². The van der Waals surface area contributed by atoms with E-state index in [1.54, 1.807) is 0 Å². The first kappa shape index (κ1) is 28.2. The molecule has 11 aromatic rings. The molecule has 0 aliphatic heterocycles. The maximum absolute atomic E-state index is 6.51. The second kappa shape index (κ2) is 10.9. The van der Waals surface area contributed by atoms with Gasteiger partial charge in [-0.3, -0.25) is 0 Å². The van der Waals surface area contributed by atoms with E-state index in [1.165, 1.54) is 87.2 Å². The van der Waals surface area contributed by atoms with Crippen LogP contribution in [0.1, 0.15) is 0 Å². The molecule has 0 bridgehead atoms. The third-order valence-corrected chi connectivity index (χ3v) is 10.8. The summed E-state index contributed by atoms with van der Waals surface area (Å²) < 4.78 is 6.51. The highest BCUT2D eigenvalue weighted by molar-refractivity contribution is 6.25. The molecular weight excluding hydrogens is 617 g/mol. The molecule has 0 saturated carbocycles. The van der Waals surface area contributed by atoms with Crippen LogP contribution in [-0.2, 0) is 0 Å². The molecule has 1 heterocycles. The quantitative estimate of drug-likeness (QED) is 0.174. The van der Waals surface area contributed by atoms with Crippen molar-refractivity contribution in [3.63, 3.8) is 0 Å². The van der Waals surface area contributed by atoms with Gasteiger partial charge >= 0.3 is 0 Å². The minimum absolute atomic E-state index is 0.932. The van der Waals surface area contributed by atoms with Gasteiger partial charge in [0.1, 0.15) is 11.2 Å². The van der Waals surface area contributed by atoms with E-state index in [9.17, 15) is 0 Å². The summed E-state index contributed by atoms with van der Waals surface area (Å²) >= 11 is 0. The fourth-order valence-electron chi connectivity index (χ4n) is 8.51. The Hall–Kier alpha value is -6.70. The number of furan rings is 1. The summed E-state index contributed by atoms with van der Waals surface area (Å²) in [5.41, 5.74) is 9.32. The largest absolute Gasteiger partial charge is 0.455 e. The number of fused-ring (bicyclic) bond motifs is 10. The van der Waals surface area contributed by atoms with Crippen LogP contribution in [0.3, 0.4) is 0 Å². The molecule has 0 N–H and O–H groups in total. The number of hydrogen-bond acceptors (Lipinski definition) is 1. The summed E-state index contributed by atoms with van der Waals surface area (Å²) in [4.78, 5) is 0. The van der Waals surface area contributed by atoms with Crippen molar-refractivity contribution >= 4 is 75.8 Å². The second-order valence-electron chi connectivity index (χ2n) is 13.6. The molecule has 0 amide bonds. The lowest BCUT2D eigenvalue weighted by atomic mass is 9.84. The highest BCUT2D eigenvalue weighted by Gasteiger charge is 2.18. The molecule has 10 aromatic carbocycles. The summed E-state index contributed by atoms with van der Waals surface area (Å²) in [5, 5.41) is 14.7. The van der Waals surface area contributed by atoms with Crippen molar-refractivity contribution in [2.45, 2.75) is 0 Å². The minimum atomic E-state index is 0.932. The van der Waals surface area contributed by atoms with Crippen molar-refractivity contribution in [1.82, 2.24) is 0 Å². The Morgan fingerprint density at radius 3 is 1.55 bits per heavy atom. The third-order valence-electron chi connectivity index (χ3n) is 10.8. The van der Waals surface area contributed by atoms with Gasteiger partial charge in [0.15, 0.2) is 0 Å². The Morgan fingerprint density at radius 1 is 0.294 bits per heavy atom. The van der Waals surface area contributed by atoms with Crippen LogP contribution >= 0.6 is 0 Å². The van der Waals surface area contributed by atoms with Crippen LogP contribution in [0.2, 0.25) is 0 Å². The third kappa shape index (κ3) is 4.22. The van der Waals surface area contributed by atoms with Gasteiger partial charge in [-0.25, -0.2) is 0 Å². The van der Waals surface area contributed by atoms with E-state index in [0.29, 0.717) is 0 Å². The van der Waals surface area contributed by atoms with Crippen molar-refractivity contribution in [3.8, 4) is 33.4 Å². The first-order chi connectivity index (χ1) is 25.3. The van der Waals surface area contributed by atoms with Gasteiger partial charge in [0.25, 0.3) is 0 Å². The van der Waals surface area contributed by atoms with Crippen molar-refractivity contribution in [2.24, 2.45) is 0 Å². The van der Waals surface area contributed by atoms with Crippen molar-refractivity contribution in [2.75, 3.05) is 0 Å². The molecule has 0 spiro atoms. The Balaban J connectivity index is 1.05. The predicted octanol–water partition coefficient (Wildman–Crippen LogP) is 14.4. The Labute approximate surface area is 294 Å². The van der Waals surface area contributed by atoms with Gasteiger partial charge in [0.05, 0.1) is 0 Å². The molecular formula is C50H30O. The highest BCUT2D eigenvalue weighted by atomic mass is 16.3. The first-order valence-corrected chi connectivity index (χ1v) is 17.6. The van der Waals surface area contributed by atoms with Crippen LogP contribution in [0, 0.1) is 0 Å². The number of benzene rings is 10. The average molecular weight is 647 g/mol. The fourth-order valence-corrected chi connectivity index (χ4v) is 8.51. The second-order valence-corrected chi connectivity index (χ2v) is 13.6. The summed E-state index contributed by atoms with van der Waals surface area (Å²) in [6, 6.07) is 66.3. The van der Waals surface area contributed by atoms with Crippen LogP contribution in [0.4, 0.5) is 0 Å². The topological polar surface area (TPSA) is 13.1 Å². The molecule has 0 atom stereocenters. The van der Waals surface area contributed by atoms with Gasteiger partial charge in [0.2, 0.25) is 0 Å². The standard InChI is InChI=1S/C50H30O/c1-3-13-37-32(10-1)12-9-19-40(37)48-43-17-7-5-15-41(43)47(42-16-6-8-18-44(42)48)34-22-20-31(21-23-34)35-24-27-39-36(30-35)25-28-45-49-38-14-4-2-11-33(38)26-29-46(49)51-50(39)45/h1-30H. The molecule has 0 fully saturated rings. The number of rotatable bonds is 3. The maximum atomic E-state index is 6.51. The van der Waals surface area contributed by atoms with Crippen molar-refractivity contribution in [3.05, 3.63) is 182 Å². The molecule has 0 radical (unpaired) electrons. The summed E-state index contributed by atoms with van der Waals surface area (Å²) in [7, 11) is 0. The zero-order valence-electron chi connectivity index (χ0n) is 27.7. The van der Waals surface area contributed by atoms with Crippen molar-refractivity contribution in [1.29, 1.82) is 0 Å². The molecule has 1 heteroatoms. The lowest BCUT2D eigenvalue weighted by Crippen LogP contribution is -1.91. The van der Waals surface area contributed by atoms with Gasteiger partial charge in [-0.15, -0.1) is 0 Å². The first-order valence-electron chi connectivity index (χ1n) is 17.6. The monoisotopic (exact) mass is 646 g/mol. The molecule has 1 aromatic heterocycles. The van der Waals surface area contributed by atoms with Gasteiger partial charge in [-0.1, -0.05) is 158 Å². The minimum Gasteiger partial charge on any atom is -0.455 e. The lowest BCUT2D eigenvalue weighted by molar-refractivity contribution is 0.673. The van der Waals surface area contributed by atoms with E-state index in [1.807, 2.05) is 0 Å². The van der Waals surface area contributed by atoms with E-state index < -0.39 is 0 Å². The van der Waals surface area contributed by atoms with E-state index >= 15 is 0 Å². The molecule has 0 aliphatic carbocycles. The van der Waals surface area contributed by atoms with Crippen LogP contribution in [0.15, 0.2) is 186 Å². The Morgan fingerprint density at radius 2 is 0.824 bits per heavy atom. The maximum Gasteiger partial charge on any atom is 0.143 e.